The molecule has 0 saturated carbocycles. The van der Waals surface area contributed by atoms with Gasteiger partial charge in [0, 0.05) is 32.4 Å². The third-order valence-corrected chi connectivity index (χ3v) is 3.34. The van der Waals surface area contributed by atoms with Gasteiger partial charge < -0.3 is 15.3 Å². The van der Waals surface area contributed by atoms with Crippen molar-refractivity contribution >= 4 is 5.69 Å². The van der Waals surface area contributed by atoms with Crippen LogP contribution in [0.3, 0.4) is 0 Å². The first kappa shape index (κ1) is 15.9. The highest BCUT2D eigenvalue weighted by Crippen LogP contribution is 2.26. The number of nitrogens with one attached hydrogen (secondary N) is 1. The molecule has 0 radical (unpaired) electrons. The maximum atomic E-state index is 13.3. The molecule has 0 saturated heterocycles. The van der Waals surface area contributed by atoms with Gasteiger partial charge in [-0.2, -0.15) is 0 Å². The lowest BCUT2D eigenvalue weighted by molar-refractivity contribution is 0.258. The van der Waals surface area contributed by atoms with Gasteiger partial charge in [-0.05, 0) is 43.5 Å². The van der Waals surface area contributed by atoms with Crippen LogP contribution in [0.1, 0.15) is 31.9 Å². The molecule has 0 spiro atoms. The van der Waals surface area contributed by atoms with E-state index < -0.39 is 0 Å². The average Bonchev–Trinajstić information content (AvgIpc) is 2.36. The Kier molecular flexibility index (Phi) is 6.25. The molecule has 0 aliphatic rings. The van der Waals surface area contributed by atoms with Gasteiger partial charge in [-0.1, -0.05) is 13.0 Å². The van der Waals surface area contributed by atoms with Gasteiger partial charge in [0.1, 0.15) is 5.82 Å². The van der Waals surface area contributed by atoms with E-state index in [1.807, 2.05) is 25.1 Å². The van der Waals surface area contributed by atoms with Crippen molar-refractivity contribution in [3.8, 4) is 0 Å². The summed E-state index contributed by atoms with van der Waals surface area (Å²) in [7, 11) is 3.83. The number of benzene rings is 1. The molecule has 0 bridgehead atoms. The van der Waals surface area contributed by atoms with E-state index in [-0.39, 0.29) is 18.5 Å². The molecule has 0 aromatic heterocycles. The fourth-order valence-electron chi connectivity index (χ4n) is 2.08. The third kappa shape index (κ3) is 4.80. The van der Waals surface area contributed by atoms with Gasteiger partial charge in [0.25, 0.3) is 0 Å². The Hall–Kier alpha value is -1.13. The van der Waals surface area contributed by atoms with Crippen molar-refractivity contribution < 1.29 is 9.50 Å². The molecule has 0 amide bonds. The minimum absolute atomic E-state index is 0.152. The van der Waals surface area contributed by atoms with E-state index in [1.54, 1.807) is 6.07 Å². The number of aliphatic hydroxyl groups excluding tert-OH is 1. The summed E-state index contributed by atoms with van der Waals surface area (Å²) in [6.45, 7) is 5.24. The molecule has 0 fully saturated rings. The fraction of sp³-hybridized carbons (Fsp3) is 0.600. The number of nitrogens with zero attached hydrogens (tertiary/aromatic N) is 1. The second kappa shape index (κ2) is 7.46. The zero-order valence-electron chi connectivity index (χ0n) is 12.3. The molecular weight excluding hydrogens is 243 g/mol. The van der Waals surface area contributed by atoms with Crippen LogP contribution >= 0.6 is 0 Å². The highest BCUT2D eigenvalue weighted by molar-refractivity contribution is 5.54. The summed E-state index contributed by atoms with van der Waals surface area (Å²) in [6, 6.07) is 5.04. The van der Waals surface area contributed by atoms with E-state index in [0.29, 0.717) is 5.92 Å². The van der Waals surface area contributed by atoms with Crippen LogP contribution < -0.4 is 10.2 Å². The summed E-state index contributed by atoms with van der Waals surface area (Å²) in [5, 5.41) is 12.3. The first-order valence-electron chi connectivity index (χ1n) is 6.76. The van der Waals surface area contributed by atoms with Crippen LogP contribution in [0.5, 0.6) is 0 Å². The van der Waals surface area contributed by atoms with E-state index in [2.05, 4.69) is 19.2 Å². The molecule has 1 rings (SSSR count). The molecule has 0 aliphatic carbocycles. The Morgan fingerprint density at radius 1 is 1.32 bits per heavy atom. The number of hydrogen-bond donors (Lipinski definition) is 2. The summed E-state index contributed by atoms with van der Waals surface area (Å²) in [4.78, 5) is 1.92. The van der Waals surface area contributed by atoms with Gasteiger partial charge in [0.15, 0.2) is 0 Å². The van der Waals surface area contributed by atoms with Crippen LogP contribution in [0, 0.1) is 11.7 Å². The van der Waals surface area contributed by atoms with Crippen molar-refractivity contribution in [2.24, 2.45) is 5.92 Å². The van der Waals surface area contributed by atoms with Crippen molar-refractivity contribution in [3.05, 3.63) is 29.6 Å². The molecule has 4 heteroatoms. The van der Waals surface area contributed by atoms with Gasteiger partial charge in [-0.25, -0.2) is 4.39 Å². The molecule has 108 valence electrons. The number of aliphatic hydroxyl groups is 1. The van der Waals surface area contributed by atoms with Gasteiger partial charge in [0.05, 0.1) is 0 Å². The standard InChI is InChI=1S/C15H25FN2O/c1-11(7-8-19)10-17-12(2)14-6-5-13(16)9-15(14)18(3)4/h5-6,9,11-12,17,19H,7-8,10H2,1-4H3. The molecule has 2 unspecified atom stereocenters. The van der Waals surface area contributed by atoms with Crippen LogP contribution in [-0.4, -0.2) is 32.4 Å². The Balaban J connectivity index is 2.73. The topological polar surface area (TPSA) is 35.5 Å². The third-order valence-electron chi connectivity index (χ3n) is 3.34. The first-order valence-corrected chi connectivity index (χ1v) is 6.76. The number of rotatable bonds is 7. The number of halogens is 1. The van der Waals surface area contributed by atoms with E-state index in [0.717, 1.165) is 24.2 Å². The maximum Gasteiger partial charge on any atom is 0.125 e. The zero-order chi connectivity index (χ0) is 14.4. The molecule has 2 atom stereocenters. The quantitative estimate of drug-likeness (QED) is 0.798. The Morgan fingerprint density at radius 3 is 2.58 bits per heavy atom. The number of anilines is 1. The van der Waals surface area contributed by atoms with Gasteiger partial charge in [-0.15, -0.1) is 0 Å². The predicted molar refractivity (Wildman–Crippen MR) is 78.0 cm³/mol. The van der Waals surface area contributed by atoms with Crippen LogP contribution in [0.4, 0.5) is 10.1 Å². The van der Waals surface area contributed by atoms with E-state index >= 15 is 0 Å². The molecule has 2 N–H and O–H groups in total. The lowest BCUT2D eigenvalue weighted by Crippen LogP contribution is -2.26. The van der Waals surface area contributed by atoms with Crippen molar-refractivity contribution in [1.29, 1.82) is 0 Å². The normalized spacial score (nSPS) is 14.2. The van der Waals surface area contributed by atoms with Gasteiger partial charge in [-0.3, -0.25) is 0 Å². The highest BCUT2D eigenvalue weighted by atomic mass is 19.1. The Morgan fingerprint density at radius 2 is 2.00 bits per heavy atom. The SMILES string of the molecule is CC(CCO)CNC(C)c1ccc(F)cc1N(C)C. The fourth-order valence-corrected chi connectivity index (χ4v) is 2.08. The zero-order valence-corrected chi connectivity index (χ0v) is 12.3. The second-order valence-electron chi connectivity index (χ2n) is 5.34. The van der Waals surface area contributed by atoms with E-state index in [1.165, 1.54) is 6.07 Å². The molecule has 3 nitrogen and oxygen atoms in total. The summed E-state index contributed by atoms with van der Waals surface area (Å²) < 4.78 is 13.3. The van der Waals surface area contributed by atoms with Crippen molar-refractivity contribution in [3.63, 3.8) is 0 Å². The smallest absolute Gasteiger partial charge is 0.125 e. The Bertz CT molecular complexity index is 396. The summed E-state index contributed by atoms with van der Waals surface area (Å²) >= 11 is 0. The Labute approximate surface area is 115 Å². The second-order valence-corrected chi connectivity index (χ2v) is 5.34. The average molecular weight is 268 g/mol. The molecule has 0 aliphatic heterocycles. The first-order chi connectivity index (χ1) is 8.95. The van der Waals surface area contributed by atoms with Crippen molar-refractivity contribution in [1.82, 2.24) is 5.32 Å². The van der Waals surface area contributed by atoms with E-state index in [9.17, 15) is 4.39 Å². The predicted octanol–water partition coefficient (Wildman–Crippen LogP) is 2.56. The van der Waals surface area contributed by atoms with Crippen LogP contribution in [-0.2, 0) is 0 Å². The van der Waals surface area contributed by atoms with Gasteiger partial charge in [0.2, 0.25) is 0 Å². The minimum Gasteiger partial charge on any atom is -0.396 e. The lowest BCUT2D eigenvalue weighted by atomic mass is 10.0. The van der Waals surface area contributed by atoms with Crippen LogP contribution in [0.2, 0.25) is 0 Å². The van der Waals surface area contributed by atoms with Crippen molar-refractivity contribution in [2.45, 2.75) is 26.3 Å². The molecule has 1 aromatic rings. The van der Waals surface area contributed by atoms with E-state index in [4.69, 9.17) is 5.11 Å². The summed E-state index contributed by atoms with van der Waals surface area (Å²) in [5.74, 6) is 0.212. The molecule has 19 heavy (non-hydrogen) atoms. The summed E-state index contributed by atoms with van der Waals surface area (Å²) in [6.07, 6.45) is 0.795. The van der Waals surface area contributed by atoms with Crippen molar-refractivity contribution in [2.75, 3.05) is 32.1 Å². The monoisotopic (exact) mass is 268 g/mol. The van der Waals surface area contributed by atoms with Crippen LogP contribution in [0.15, 0.2) is 18.2 Å². The highest BCUT2D eigenvalue weighted by Gasteiger charge is 2.13. The lowest BCUT2D eigenvalue weighted by Gasteiger charge is -2.23. The number of hydrogen-bond acceptors (Lipinski definition) is 3. The minimum atomic E-state index is -0.215. The largest absolute Gasteiger partial charge is 0.396 e. The maximum absolute atomic E-state index is 13.3. The molecule has 1 aromatic carbocycles. The molecular formula is C15H25FN2O. The van der Waals surface area contributed by atoms with Gasteiger partial charge >= 0.3 is 0 Å². The summed E-state index contributed by atoms with van der Waals surface area (Å²) in [5.41, 5.74) is 1.98. The molecule has 0 heterocycles. The van der Waals surface area contributed by atoms with Crippen LogP contribution in [0.25, 0.3) is 0 Å².